The lowest BCUT2D eigenvalue weighted by Crippen LogP contribution is -2.12. The molecular formula is C15H15Cl2N. The molecule has 0 saturated heterocycles. The minimum absolute atomic E-state index is 0.248. The Labute approximate surface area is 118 Å². The van der Waals surface area contributed by atoms with Crippen LogP contribution >= 0.6 is 23.2 Å². The van der Waals surface area contributed by atoms with Gasteiger partial charge in [0.25, 0.3) is 0 Å². The summed E-state index contributed by atoms with van der Waals surface area (Å²) in [6, 6.07) is 13.6. The van der Waals surface area contributed by atoms with Crippen LogP contribution in [0.2, 0.25) is 10.0 Å². The molecule has 2 aromatic rings. The van der Waals surface area contributed by atoms with Crippen molar-refractivity contribution in [2.75, 3.05) is 0 Å². The Kier molecular flexibility index (Phi) is 4.28. The summed E-state index contributed by atoms with van der Waals surface area (Å²) >= 11 is 12.2. The van der Waals surface area contributed by atoms with Crippen molar-refractivity contribution < 1.29 is 0 Å². The van der Waals surface area contributed by atoms with Gasteiger partial charge in [0.05, 0.1) is 16.1 Å². The Hall–Kier alpha value is -1.02. The molecule has 0 heterocycles. The summed E-state index contributed by atoms with van der Waals surface area (Å²) in [4.78, 5) is 0. The number of nitrogens with two attached hydrogens (primary N) is 1. The van der Waals surface area contributed by atoms with Crippen LogP contribution in [-0.4, -0.2) is 0 Å². The maximum Gasteiger partial charge on any atom is 0.0643 e. The van der Waals surface area contributed by atoms with E-state index in [1.807, 2.05) is 24.3 Å². The average Bonchev–Trinajstić information content (AvgIpc) is 2.41. The van der Waals surface area contributed by atoms with Crippen LogP contribution in [0.5, 0.6) is 0 Å². The fourth-order valence-corrected chi connectivity index (χ4v) is 2.33. The van der Waals surface area contributed by atoms with E-state index in [4.69, 9.17) is 28.9 Å². The number of hydrogen-bond donors (Lipinski definition) is 1. The van der Waals surface area contributed by atoms with Crippen molar-refractivity contribution >= 4 is 23.2 Å². The third kappa shape index (κ3) is 2.69. The molecule has 1 unspecified atom stereocenters. The first kappa shape index (κ1) is 13.4. The fourth-order valence-electron chi connectivity index (χ4n) is 1.90. The van der Waals surface area contributed by atoms with Gasteiger partial charge in [-0.05, 0) is 29.2 Å². The topological polar surface area (TPSA) is 26.0 Å². The molecule has 0 saturated carbocycles. The Bertz CT molecular complexity index is 535. The molecule has 0 spiro atoms. The Morgan fingerprint density at radius 3 is 2.33 bits per heavy atom. The average molecular weight is 280 g/mol. The van der Waals surface area contributed by atoms with Crippen LogP contribution in [-0.2, 0) is 6.42 Å². The van der Waals surface area contributed by atoms with E-state index < -0.39 is 0 Å². The second-order valence-electron chi connectivity index (χ2n) is 4.22. The highest BCUT2D eigenvalue weighted by molar-refractivity contribution is 6.42. The summed E-state index contributed by atoms with van der Waals surface area (Å²) in [7, 11) is 0. The van der Waals surface area contributed by atoms with Crippen molar-refractivity contribution in [2.24, 2.45) is 5.73 Å². The largest absolute Gasteiger partial charge is 0.320 e. The van der Waals surface area contributed by atoms with Crippen molar-refractivity contribution in [1.82, 2.24) is 0 Å². The Balaban J connectivity index is 2.35. The number of aryl methyl sites for hydroxylation is 1. The van der Waals surface area contributed by atoms with E-state index in [0.29, 0.717) is 10.0 Å². The molecule has 2 aromatic carbocycles. The highest BCUT2D eigenvalue weighted by atomic mass is 35.5. The van der Waals surface area contributed by atoms with Crippen LogP contribution in [0.4, 0.5) is 0 Å². The van der Waals surface area contributed by atoms with E-state index in [1.165, 1.54) is 5.56 Å². The van der Waals surface area contributed by atoms with Gasteiger partial charge in [-0.1, -0.05) is 66.5 Å². The van der Waals surface area contributed by atoms with Crippen molar-refractivity contribution in [3.05, 3.63) is 69.2 Å². The van der Waals surface area contributed by atoms with Crippen LogP contribution in [0.15, 0.2) is 42.5 Å². The first-order valence-electron chi connectivity index (χ1n) is 5.91. The minimum atomic E-state index is -0.248. The lowest BCUT2D eigenvalue weighted by Gasteiger charge is -2.15. The van der Waals surface area contributed by atoms with Gasteiger partial charge in [-0.15, -0.1) is 0 Å². The van der Waals surface area contributed by atoms with Crippen molar-refractivity contribution in [3.63, 3.8) is 0 Å². The zero-order valence-electron chi connectivity index (χ0n) is 10.2. The van der Waals surface area contributed by atoms with Gasteiger partial charge >= 0.3 is 0 Å². The lowest BCUT2D eigenvalue weighted by atomic mass is 9.98. The molecule has 0 radical (unpaired) electrons. The van der Waals surface area contributed by atoms with E-state index in [-0.39, 0.29) is 6.04 Å². The molecule has 0 fully saturated rings. The van der Waals surface area contributed by atoms with Crippen LogP contribution in [0.25, 0.3) is 0 Å². The van der Waals surface area contributed by atoms with Gasteiger partial charge in [0.1, 0.15) is 0 Å². The van der Waals surface area contributed by atoms with Crippen LogP contribution < -0.4 is 5.73 Å². The third-order valence-electron chi connectivity index (χ3n) is 3.06. The number of halogens is 2. The predicted octanol–water partition coefficient (Wildman–Crippen LogP) is 4.60. The van der Waals surface area contributed by atoms with Gasteiger partial charge in [-0.25, -0.2) is 0 Å². The van der Waals surface area contributed by atoms with Gasteiger partial charge in [0.2, 0.25) is 0 Å². The quantitative estimate of drug-likeness (QED) is 0.873. The zero-order chi connectivity index (χ0) is 13.1. The first-order valence-corrected chi connectivity index (χ1v) is 6.67. The molecule has 2 N–H and O–H groups in total. The number of rotatable bonds is 3. The summed E-state index contributed by atoms with van der Waals surface area (Å²) < 4.78 is 0. The molecule has 18 heavy (non-hydrogen) atoms. The second-order valence-corrected chi connectivity index (χ2v) is 5.00. The Morgan fingerprint density at radius 1 is 1.06 bits per heavy atom. The van der Waals surface area contributed by atoms with Crippen LogP contribution in [0.1, 0.15) is 29.7 Å². The summed E-state index contributed by atoms with van der Waals surface area (Å²) in [6.45, 7) is 2.13. The highest BCUT2D eigenvalue weighted by Crippen LogP contribution is 2.31. The van der Waals surface area contributed by atoms with Crippen molar-refractivity contribution in [2.45, 2.75) is 19.4 Å². The predicted molar refractivity (Wildman–Crippen MR) is 78.3 cm³/mol. The van der Waals surface area contributed by atoms with Crippen molar-refractivity contribution in [3.8, 4) is 0 Å². The van der Waals surface area contributed by atoms with E-state index in [2.05, 4.69) is 19.1 Å². The van der Waals surface area contributed by atoms with Crippen LogP contribution in [0.3, 0.4) is 0 Å². The van der Waals surface area contributed by atoms with E-state index >= 15 is 0 Å². The van der Waals surface area contributed by atoms with Gasteiger partial charge in [-0.2, -0.15) is 0 Å². The Morgan fingerprint density at radius 2 is 1.72 bits per heavy atom. The van der Waals surface area contributed by atoms with E-state index in [1.54, 1.807) is 6.07 Å². The molecule has 0 amide bonds. The smallest absolute Gasteiger partial charge is 0.0643 e. The maximum atomic E-state index is 6.23. The third-order valence-corrected chi connectivity index (χ3v) is 3.90. The fraction of sp³-hybridized carbons (Fsp3) is 0.200. The summed E-state index contributed by atoms with van der Waals surface area (Å²) in [5, 5.41) is 1.07. The minimum Gasteiger partial charge on any atom is -0.320 e. The number of benzene rings is 2. The van der Waals surface area contributed by atoms with Gasteiger partial charge in [-0.3, -0.25) is 0 Å². The molecule has 0 aliphatic rings. The summed E-state index contributed by atoms with van der Waals surface area (Å²) in [5.74, 6) is 0. The van der Waals surface area contributed by atoms with E-state index in [9.17, 15) is 0 Å². The monoisotopic (exact) mass is 279 g/mol. The van der Waals surface area contributed by atoms with Gasteiger partial charge in [0.15, 0.2) is 0 Å². The molecule has 2 rings (SSSR count). The maximum absolute atomic E-state index is 6.23. The summed E-state index contributed by atoms with van der Waals surface area (Å²) in [5.41, 5.74) is 9.42. The molecule has 0 aliphatic carbocycles. The lowest BCUT2D eigenvalue weighted by molar-refractivity contribution is 0.870. The molecule has 0 aromatic heterocycles. The van der Waals surface area contributed by atoms with Crippen LogP contribution in [0, 0.1) is 0 Å². The first-order chi connectivity index (χ1) is 8.63. The second kappa shape index (κ2) is 5.75. The van der Waals surface area contributed by atoms with Gasteiger partial charge < -0.3 is 5.73 Å². The normalized spacial score (nSPS) is 12.4. The number of hydrogen-bond acceptors (Lipinski definition) is 1. The van der Waals surface area contributed by atoms with E-state index in [0.717, 1.165) is 17.5 Å². The standard InChI is InChI=1S/C15H15Cl2N/c1-2-10-6-8-11(9-7-10)15(18)12-4-3-5-13(16)14(12)17/h3-9,15H,2,18H2,1H3. The zero-order valence-corrected chi connectivity index (χ0v) is 11.7. The SMILES string of the molecule is CCc1ccc(C(N)c2cccc(Cl)c2Cl)cc1. The molecule has 94 valence electrons. The molecule has 0 bridgehead atoms. The molecule has 3 heteroatoms. The van der Waals surface area contributed by atoms with Gasteiger partial charge in [0, 0.05) is 0 Å². The molecule has 1 nitrogen and oxygen atoms in total. The molecular weight excluding hydrogens is 265 g/mol. The summed E-state index contributed by atoms with van der Waals surface area (Å²) in [6.07, 6.45) is 1.02. The van der Waals surface area contributed by atoms with Crippen molar-refractivity contribution in [1.29, 1.82) is 0 Å². The molecule has 0 aliphatic heterocycles. The molecule has 1 atom stereocenters. The highest BCUT2D eigenvalue weighted by Gasteiger charge is 2.13.